The Balaban J connectivity index is 2.07. The van der Waals surface area contributed by atoms with Gasteiger partial charge in [0.05, 0.1) is 6.10 Å². The van der Waals surface area contributed by atoms with E-state index in [-0.39, 0.29) is 6.10 Å². The molecule has 1 N–H and O–H groups in total. The minimum Gasteiger partial charge on any atom is -0.491 e. The van der Waals surface area contributed by atoms with Gasteiger partial charge in [0, 0.05) is 22.3 Å². The van der Waals surface area contributed by atoms with E-state index in [1.807, 2.05) is 44.2 Å². The number of ether oxygens (including phenoxy) is 1. The van der Waals surface area contributed by atoms with E-state index in [0.717, 1.165) is 28.0 Å². The zero-order valence-electron chi connectivity index (χ0n) is 11.2. The van der Waals surface area contributed by atoms with Gasteiger partial charge in [-0.3, -0.25) is 0 Å². The van der Waals surface area contributed by atoms with Crippen LogP contribution in [0.4, 0.5) is 5.69 Å². The molecule has 2 nitrogen and oxygen atoms in total. The van der Waals surface area contributed by atoms with Crippen molar-refractivity contribution >= 4 is 21.6 Å². The molecule has 0 atom stereocenters. The molecule has 0 fully saturated rings. The molecule has 0 amide bonds. The van der Waals surface area contributed by atoms with Crippen LogP contribution in [-0.2, 0) is 6.54 Å². The Hall–Kier alpha value is -1.48. The van der Waals surface area contributed by atoms with E-state index in [4.69, 9.17) is 4.74 Å². The number of nitrogens with one attached hydrogen (secondary N) is 1. The van der Waals surface area contributed by atoms with Gasteiger partial charge in [0.25, 0.3) is 0 Å². The first kappa shape index (κ1) is 13.9. The van der Waals surface area contributed by atoms with Crippen LogP contribution in [0.3, 0.4) is 0 Å². The molecule has 0 saturated heterocycles. The molecule has 2 rings (SSSR count). The van der Waals surface area contributed by atoms with Crippen LogP contribution >= 0.6 is 15.9 Å². The molecule has 19 heavy (non-hydrogen) atoms. The zero-order valence-corrected chi connectivity index (χ0v) is 12.8. The summed E-state index contributed by atoms with van der Waals surface area (Å²) >= 11 is 3.47. The average molecular weight is 320 g/mol. The summed E-state index contributed by atoms with van der Waals surface area (Å²) < 4.78 is 6.88. The van der Waals surface area contributed by atoms with Gasteiger partial charge < -0.3 is 10.1 Å². The van der Waals surface area contributed by atoms with E-state index < -0.39 is 0 Å². The molecular weight excluding hydrogens is 302 g/mol. The SMILES string of the molecule is CC(C)Oc1ccccc1CNc1cccc(Br)c1. The van der Waals surface area contributed by atoms with Gasteiger partial charge in [-0.2, -0.15) is 0 Å². The molecule has 3 heteroatoms. The Morgan fingerprint density at radius 2 is 1.89 bits per heavy atom. The molecule has 0 bridgehead atoms. The highest BCUT2D eigenvalue weighted by Crippen LogP contribution is 2.22. The fourth-order valence-corrected chi connectivity index (χ4v) is 2.21. The van der Waals surface area contributed by atoms with Crippen LogP contribution in [0.5, 0.6) is 5.75 Å². The van der Waals surface area contributed by atoms with Crippen molar-refractivity contribution < 1.29 is 4.74 Å². The fraction of sp³-hybridized carbons (Fsp3) is 0.250. The first-order valence-corrected chi connectivity index (χ1v) is 7.18. The average Bonchev–Trinajstić information content (AvgIpc) is 2.37. The summed E-state index contributed by atoms with van der Waals surface area (Å²) in [7, 11) is 0. The van der Waals surface area contributed by atoms with Gasteiger partial charge in [0.2, 0.25) is 0 Å². The first-order chi connectivity index (χ1) is 9.15. The maximum absolute atomic E-state index is 5.81. The van der Waals surface area contributed by atoms with Crippen molar-refractivity contribution in [3.8, 4) is 5.75 Å². The lowest BCUT2D eigenvalue weighted by Gasteiger charge is -2.15. The number of benzene rings is 2. The van der Waals surface area contributed by atoms with E-state index in [9.17, 15) is 0 Å². The number of hydrogen-bond acceptors (Lipinski definition) is 2. The second-order valence-electron chi connectivity index (χ2n) is 4.64. The number of halogens is 1. The maximum Gasteiger partial charge on any atom is 0.124 e. The second kappa shape index (κ2) is 6.62. The predicted molar refractivity (Wildman–Crippen MR) is 83.7 cm³/mol. The monoisotopic (exact) mass is 319 g/mol. The van der Waals surface area contributed by atoms with E-state index in [0.29, 0.717) is 0 Å². The third-order valence-corrected chi connectivity index (χ3v) is 3.14. The van der Waals surface area contributed by atoms with Gasteiger partial charge >= 0.3 is 0 Å². The van der Waals surface area contributed by atoms with Crippen molar-refractivity contribution in [3.63, 3.8) is 0 Å². The first-order valence-electron chi connectivity index (χ1n) is 6.39. The van der Waals surface area contributed by atoms with Crippen molar-refractivity contribution in [2.75, 3.05) is 5.32 Å². The van der Waals surface area contributed by atoms with Crippen LogP contribution < -0.4 is 10.1 Å². The molecular formula is C16H18BrNO. The molecule has 2 aromatic rings. The zero-order chi connectivity index (χ0) is 13.7. The van der Waals surface area contributed by atoms with Gasteiger partial charge in [0.15, 0.2) is 0 Å². The van der Waals surface area contributed by atoms with E-state index in [2.05, 4.69) is 39.4 Å². The number of hydrogen-bond donors (Lipinski definition) is 1. The Kier molecular flexibility index (Phi) is 4.86. The largest absolute Gasteiger partial charge is 0.491 e. The smallest absolute Gasteiger partial charge is 0.124 e. The second-order valence-corrected chi connectivity index (χ2v) is 5.55. The highest BCUT2D eigenvalue weighted by atomic mass is 79.9. The molecule has 0 saturated carbocycles. The van der Waals surface area contributed by atoms with Crippen LogP contribution in [-0.4, -0.2) is 6.10 Å². The highest BCUT2D eigenvalue weighted by molar-refractivity contribution is 9.10. The molecule has 0 heterocycles. The Morgan fingerprint density at radius 3 is 2.63 bits per heavy atom. The Labute approximate surface area is 122 Å². The fourth-order valence-electron chi connectivity index (χ4n) is 1.81. The van der Waals surface area contributed by atoms with Gasteiger partial charge in [0.1, 0.15) is 5.75 Å². The summed E-state index contributed by atoms with van der Waals surface area (Å²) in [5.41, 5.74) is 2.25. The molecule has 0 aliphatic heterocycles. The summed E-state index contributed by atoms with van der Waals surface area (Å²) in [6, 6.07) is 16.3. The van der Waals surface area contributed by atoms with Crippen molar-refractivity contribution in [1.29, 1.82) is 0 Å². The lowest BCUT2D eigenvalue weighted by Crippen LogP contribution is -2.09. The number of anilines is 1. The topological polar surface area (TPSA) is 21.3 Å². The number of rotatable bonds is 5. The van der Waals surface area contributed by atoms with Crippen LogP contribution in [0.25, 0.3) is 0 Å². The van der Waals surface area contributed by atoms with Gasteiger partial charge in [-0.1, -0.05) is 40.2 Å². The lowest BCUT2D eigenvalue weighted by atomic mass is 10.2. The van der Waals surface area contributed by atoms with Crippen molar-refractivity contribution in [1.82, 2.24) is 0 Å². The maximum atomic E-state index is 5.81. The summed E-state index contributed by atoms with van der Waals surface area (Å²) in [6.07, 6.45) is 0.187. The van der Waals surface area contributed by atoms with Crippen molar-refractivity contribution in [2.24, 2.45) is 0 Å². The van der Waals surface area contributed by atoms with Crippen molar-refractivity contribution in [2.45, 2.75) is 26.5 Å². The van der Waals surface area contributed by atoms with Crippen LogP contribution in [0.15, 0.2) is 53.0 Å². The number of para-hydroxylation sites is 1. The quantitative estimate of drug-likeness (QED) is 0.850. The van der Waals surface area contributed by atoms with Crippen LogP contribution in [0, 0.1) is 0 Å². The third-order valence-electron chi connectivity index (χ3n) is 2.64. The summed E-state index contributed by atoms with van der Waals surface area (Å²) in [5.74, 6) is 0.944. The lowest BCUT2D eigenvalue weighted by molar-refractivity contribution is 0.240. The van der Waals surface area contributed by atoms with E-state index in [1.54, 1.807) is 0 Å². The summed E-state index contributed by atoms with van der Waals surface area (Å²) in [4.78, 5) is 0. The molecule has 0 aromatic heterocycles. The van der Waals surface area contributed by atoms with Gasteiger partial charge in [-0.15, -0.1) is 0 Å². The molecule has 100 valence electrons. The normalized spacial score (nSPS) is 10.5. The van der Waals surface area contributed by atoms with Gasteiger partial charge in [-0.05, 0) is 38.1 Å². The predicted octanol–water partition coefficient (Wildman–Crippen LogP) is 4.85. The molecule has 0 aliphatic carbocycles. The standard InChI is InChI=1S/C16H18BrNO/c1-12(2)19-16-9-4-3-6-13(16)11-18-15-8-5-7-14(17)10-15/h3-10,12,18H,11H2,1-2H3. The molecule has 0 aliphatic rings. The Bertz CT molecular complexity index is 540. The minimum absolute atomic E-state index is 0.187. The van der Waals surface area contributed by atoms with Gasteiger partial charge in [-0.25, -0.2) is 0 Å². The van der Waals surface area contributed by atoms with Crippen molar-refractivity contribution in [3.05, 3.63) is 58.6 Å². The van der Waals surface area contributed by atoms with E-state index in [1.165, 1.54) is 0 Å². The molecule has 0 unspecified atom stereocenters. The van der Waals surface area contributed by atoms with Crippen LogP contribution in [0.1, 0.15) is 19.4 Å². The molecule has 0 radical (unpaired) electrons. The Morgan fingerprint density at radius 1 is 1.11 bits per heavy atom. The molecule has 2 aromatic carbocycles. The minimum atomic E-state index is 0.187. The summed E-state index contributed by atoms with van der Waals surface area (Å²) in [6.45, 7) is 4.83. The summed E-state index contributed by atoms with van der Waals surface area (Å²) in [5, 5.41) is 3.41. The molecule has 0 spiro atoms. The van der Waals surface area contributed by atoms with Crippen LogP contribution in [0.2, 0.25) is 0 Å². The third kappa shape index (κ3) is 4.28. The van der Waals surface area contributed by atoms with E-state index >= 15 is 0 Å². The highest BCUT2D eigenvalue weighted by Gasteiger charge is 2.04.